The van der Waals surface area contributed by atoms with E-state index in [1.807, 2.05) is 5.43 Å². The second-order valence-corrected chi connectivity index (χ2v) is 3.46. The van der Waals surface area contributed by atoms with Crippen molar-refractivity contribution in [1.29, 1.82) is 0 Å². The molecule has 0 aliphatic rings. The Hall–Kier alpha value is -1.07. The predicted molar refractivity (Wildman–Crippen MR) is 51.9 cm³/mol. The fraction of sp³-hybridized carbons (Fsp3) is 0.400. The largest absolute Gasteiger partial charge is 0.271 e. The van der Waals surface area contributed by atoms with Gasteiger partial charge in [0.25, 0.3) is 6.43 Å². The third-order valence-corrected chi connectivity index (χ3v) is 2.22. The number of nitrogens with one attached hydrogen (secondary N) is 1. The molecular weight excluding hydrogens is 205 g/mol. The quantitative estimate of drug-likeness (QED) is 0.603. The fourth-order valence-electron chi connectivity index (χ4n) is 1.60. The molecule has 0 saturated heterocycles. The monoisotopic (exact) mass is 218 g/mol. The summed E-state index contributed by atoms with van der Waals surface area (Å²) in [4.78, 5) is 0. The minimum atomic E-state index is -2.74. The third kappa shape index (κ3) is 2.49. The molecule has 1 atom stereocenters. The number of nitrogens with two attached hydrogens (primary N) is 1. The highest BCUT2D eigenvalue weighted by Gasteiger charge is 2.25. The topological polar surface area (TPSA) is 38.0 Å². The first-order chi connectivity index (χ1) is 6.97. The van der Waals surface area contributed by atoms with Crippen molar-refractivity contribution in [2.24, 2.45) is 5.84 Å². The van der Waals surface area contributed by atoms with Crippen molar-refractivity contribution in [1.82, 2.24) is 5.43 Å². The molecule has 0 aromatic heterocycles. The summed E-state index contributed by atoms with van der Waals surface area (Å²) in [5, 5.41) is 0. The van der Waals surface area contributed by atoms with Gasteiger partial charge in [-0.25, -0.2) is 18.6 Å². The van der Waals surface area contributed by atoms with Crippen LogP contribution in [0.4, 0.5) is 13.2 Å². The molecule has 5 heteroatoms. The van der Waals surface area contributed by atoms with E-state index in [1.165, 1.54) is 6.07 Å². The lowest BCUT2D eigenvalue weighted by Crippen LogP contribution is -2.34. The molecule has 84 valence electrons. The van der Waals surface area contributed by atoms with Crippen molar-refractivity contribution in [3.05, 3.63) is 34.6 Å². The molecule has 0 fully saturated rings. The van der Waals surface area contributed by atoms with E-state index in [4.69, 9.17) is 5.84 Å². The maximum absolute atomic E-state index is 13.5. The van der Waals surface area contributed by atoms with Gasteiger partial charge in [-0.05, 0) is 31.0 Å². The van der Waals surface area contributed by atoms with Crippen LogP contribution in [0.2, 0.25) is 0 Å². The standard InChI is InChI=1S/C10H13F3N2/c1-5-3-6(2)8(7(11)4-5)9(15-14)10(12)13/h3-4,9-10,15H,14H2,1-2H3. The molecule has 0 aliphatic heterocycles. The van der Waals surface area contributed by atoms with Crippen LogP contribution in [-0.4, -0.2) is 6.43 Å². The zero-order valence-electron chi connectivity index (χ0n) is 8.52. The maximum Gasteiger partial charge on any atom is 0.259 e. The van der Waals surface area contributed by atoms with Crippen molar-refractivity contribution in [2.75, 3.05) is 0 Å². The summed E-state index contributed by atoms with van der Waals surface area (Å²) < 4.78 is 38.6. The molecule has 1 rings (SSSR count). The summed E-state index contributed by atoms with van der Waals surface area (Å²) in [6, 6.07) is 1.39. The van der Waals surface area contributed by atoms with Crippen LogP contribution in [0.15, 0.2) is 12.1 Å². The molecular formula is C10H13F3N2. The highest BCUT2D eigenvalue weighted by molar-refractivity contribution is 5.34. The highest BCUT2D eigenvalue weighted by Crippen LogP contribution is 2.26. The summed E-state index contributed by atoms with van der Waals surface area (Å²) in [6.07, 6.45) is -2.74. The van der Waals surface area contributed by atoms with Crippen molar-refractivity contribution in [3.8, 4) is 0 Å². The first kappa shape index (κ1) is 12.0. The smallest absolute Gasteiger partial charge is 0.259 e. The van der Waals surface area contributed by atoms with Gasteiger partial charge in [-0.2, -0.15) is 0 Å². The second-order valence-electron chi connectivity index (χ2n) is 3.46. The number of aryl methyl sites for hydroxylation is 2. The summed E-state index contributed by atoms with van der Waals surface area (Å²) >= 11 is 0. The van der Waals surface area contributed by atoms with Crippen LogP contribution < -0.4 is 11.3 Å². The van der Waals surface area contributed by atoms with Crippen LogP contribution in [0.25, 0.3) is 0 Å². The van der Waals surface area contributed by atoms with Crippen molar-refractivity contribution < 1.29 is 13.2 Å². The molecule has 1 aromatic carbocycles. The van der Waals surface area contributed by atoms with E-state index in [0.717, 1.165) is 0 Å². The van der Waals surface area contributed by atoms with Gasteiger partial charge in [0.1, 0.15) is 11.9 Å². The summed E-state index contributed by atoms with van der Waals surface area (Å²) in [6.45, 7) is 3.28. The lowest BCUT2D eigenvalue weighted by Gasteiger charge is -2.18. The van der Waals surface area contributed by atoms with Crippen LogP contribution in [0.1, 0.15) is 22.7 Å². The zero-order valence-corrected chi connectivity index (χ0v) is 8.52. The Morgan fingerprint density at radius 1 is 1.27 bits per heavy atom. The molecule has 3 N–H and O–H groups in total. The number of halogens is 3. The summed E-state index contributed by atoms with van der Waals surface area (Å²) in [5.74, 6) is 4.33. The van der Waals surface area contributed by atoms with Gasteiger partial charge in [-0.15, -0.1) is 0 Å². The van der Waals surface area contributed by atoms with Gasteiger partial charge < -0.3 is 0 Å². The Labute approximate surface area is 86.2 Å². The molecule has 0 amide bonds. The number of hydrazine groups is 1. The molecule has 0 aliphatic carbocycles. The molecule has 0 bridgehead atoms. The van der Waals surface area contributed by atoms with E-state index in [9.17, 15) is 13.2 Å². The molecule has 0 spiro atoms. The lowest BCUT2D eigenvalue weighted by molar-refractivity contribution is 0.0965. The first-order valence-corrected chi connectivity index (χ1v) is 4.48. The number of hydrogen-bond acceptors (Lipinski definition) is 2. The summed E-state index contributed by atoms with van der Waals surface area (Å²) in [5.41, 5.74) is 3.02. The third-order valence-electron chi connectivity index (χ3n) is 2.22. The van der Waals surface area contributed by atoms with Crippen LogP contribution in [0.3, 0.4) is 0 Å². The van der Waals surface area contributed by atoms with Gasteiger partial charge in [0, 0.05) is 5.56 Å². The molecule has 1 aromatic rings. The van der Waals surface area contributed by atoms with Crippen LogP contribution >= 0.6 is 0 Å². The average Bonchev–Trinajstić information content (AvgIpc) is 2.09. The molecule has 15 heavy (non-hydrogen) atoms. The Morgan fingerprint density at radius 2 is 1.87 bits per heavy atom. The Morgan fingerprint density at radius 3 is 2.27 bits per heavy atom. The van der Waals surface area contributed by atoms with E-state index in [1.54, 1.807) is 19.9 Å². The number of rotatable bonds is 3. The Kier molecular flexibility index (Phi) is 3.71. The number of hydrogen-bond donors (Lipinski definition) is 2. The van der Waals surface area contributed by atoms with Gasteiger partial charge >= 0.3 is 0 Å². The van der Waals surface area contributed by atoms with Gasteiger partial charge in [0.05, 0.1) is 0 Å². The Bertz CT molecular complexity index is 330. The molecule has 0 saturated carbocycles. The van der Waals surface area contributed by atoms with Gasteiger partial charge in [0.2, 0.25) is 0 Å². The Balaban J connectivity index is 3.23. The lowest BCUT2D eigenvalue weighted by atomic mass is 9.99. The van der Waals surface area contributed by atoms with E-state index in [-0.39, 0.29) is 5.56 Å². The van der Waals surface area contributed by atoms with Gasteiger partial charge in [-0.1, -0.05) is 6.07 Å². The van der Waals surface area contributed by atoms with E-state index >= 15 is 0 Å². The first-order valence-electron chi connectivity index (χ1n) is 4.48. The highest BCUT2D eigenvalue weighted by atomic mass is 19.3. The average molecular weight is 218 g/mol. The molecule has 0 radical (unpaired) electrons. The number of benzene rings is 1. The fourth-order valence-corrected chi connectivity index (χ4v) is 1.60. The van der Waals surface area contributed by atoms with Crippen LogP contribution in [0, 0.1) is 19.7 Å². The van der Waals surface area contributed by atoms with Gasteiger partial charge in [-0.3, -0.25) is 5.84 Å². The number of alkyl halides is 2. The molecule has 1 unspecified atom stereocenters. The minimum absolute atomic E-state index is 0.0712. The second kappa shape index (κ2) is 4.63. The normalized spacial score (nSPS) is 13.3. The SMILES string of the molecule is Cc1cc(C)c(C(NN)C(F)F)c(F)c1. The van der Waals surface area contributed by atoms with Crippen LogP contribution in [-0.2, 0) is 0 Å². The summed E-state index contributed by atoms with van der Waals surface area (Å²) in [7, 11) is 0. The van der Waals surface area contributed by atoms with Crippen molar-refractivity contribution >= 4 is 0 Å². The molecule has 2 nitrogen and oxygen atoms in total. The minimum Gasteiger partial charge on any atom is -0.271 e. The van der Waals surface area contributed by atoms with Crippen molar-refractivity contribution in [3.63, 3.8) is 0 Å². The van der Waals surface area contributed by atoms with E-state index in [2.05, 4.69) is 0 Å². The maximum atomic E-state index is 13.5. The zero-order chi connectivity index (χ0) is 11.6. The van der Waals surface area contributed by atoms with Crippen LogP contribution in [0.5, 0.6) is 0 Å². The predicted octanol–water partition coefficient (Wildman–Crippen LogP) is 2.21. The van der Waals surface area contributed by atoms with Gasteiger partial charge in [0.15, 0.2) is 0 Å². The van der Waals surface area contributed by atoms with E-state index in [0.29, 0.717) is 11.1 Å². The van der Waals surface area contributed by atoms with Crippen molar-refractivity contribution in [2.45, 2.75) is 26.3 Å². The van der Waals surface area contributed by atoms with E-state index < -0.39 is 18.3 Å². The molecule has 0 heterocycles.